The lowest BCUT2D eigenvalue weighted by molar-refractivity contribution is -0.120. The Labute approximate surface area is 148 Å². The van der Waals surface area contributed by atoms with E-state index in [0.717, 1.165) is 17.9 Å². The zero-order chi connectivity index (χ0) is 18.3. The van der Waals surface area contributed by atoms with E-state index < -0.39 is 11.7 Å². The molecule has 1 aliphatic heterocycles. The maximum atomic E-state index is 11.9. The molecule has 0 radical (unpaired) electrons. The fourth-order valence-electron chi connectivity index (χ4n) is 1.99. The largest absolute Gasteiger partial charge is 0.491 e. The number of epoxide rings is 1. The van der Waals surface area contributed by atoms with Crippen molar-refractivity contribution < 1.29 is 23.8 Å². The van der Waals surface area contributed by atoms with Crippen LogP contribution < -0.4 is 15.4 Å². The zero-order valence-corrected chi connectivity index (χ0v) is 15.0. The van der Waals surface area contributed by atoms with Gasteiger partial charge in [-0.25, -0.2) is 4.79 Å². The highest BCUT2D eigenvalue weighted by Crippen LogP contribution is 2.16. The molecule has 0 unspecified atom stereocenters. The Hall–Kier alpha value is -2.28. The molecule has 0 spiro atoms. The SMILES string of the molecule is CC(C)(C)OC(=O)NCCNC(=O)Cc1ccc(OC[C@@H]2CO2)cc1. The molecule has 2 amide bonds. The lowest BCUT2D eigenvalue weighted by Crippen LogP contribution is -2.38. The van der Waals surface area contributed by atoms with Crippen molar-refractivity contribution >= 4 is 12.0 Å². The average molecular weight is 350 g/mol. The van der Waals surface area contributed by atoms with Gasteiger partial charge in [0.25, 0.3) is 0 Å². The third-order valence-electron chi connectivity index (χ3n) is 3.24. The minimum absolute atomic E-state index is 0.106. The molecule has 7 heteroatoms. The van der Waals surface area contributed by atoms with Crippen molar-refractivity contribution in [2.24, 2.45) is 0 Å². The normalized spacial score (nSPS) is 16.0. The predicted molar refractivity (Wildman–Crippen MR) is 92.6 cm³/mol. The average Bonchev–Trinajstić information content (AvgIpc) is 3.33. The number of alkyl carbamates (subject to hydrolysis) is 1. The lowest BCUT2D eigenvalue weighted by atomic mass is 10.1. The van der Waals surface area contributed by atoms with E-state index in [0.29, 0.717) is 19.7 Å². The molecular formula is C18H26N2O5. The van der Waals surface area contributed by atoms with Gasteiger partial charge in [0, 0.05) is 13.1 Å². The van der Waals surface area contributed by atoms with Crippen LogP contribution in [0.5, 0.6) is 5.75 Å². The topological polar surface area (TPSA) is 89.2 Å². The highest BCUT2D eigenvalue weighted by atomic mass is 16.6. The second-order valence-electron chi connectivity index (χ2n) is 6.87. The van der Waals surface area contributed by atoms with Crippen LogP contribution in [0.1, 0.15) is 26.3 Å². The van der Waals surface area contributed by atoms with Crippen LogP contribution in [0.15, 0.2) is 24.3 Å². The summed E-state index contributed by atoms with van der Waals surface area (Å²) in [6, 6.07) is 7.41. The molecule has 1 heterocycles. The van der Waals surface area contributed by atoms with Crippen LogP contribution in [0.2, 0.25) is 0 Å². The second-order valence-corrected chi connectivity index (χ2v) is 6.87. The molecule has 1 aromatic carbocycles. The van der Waals surface area contributed by atoms with Crippen LogP contribution in [0.25, 0.3) is 0 Å². The Morgan fingerprint density at radius 3 is 2.40 bits per heavy atom. The van der Waals surface area contributed by atoms with Crippen LogP contribution in [-0.2, 0) is 20.7 Å². The van der Waals surface area contributed by atoms with Gasteiger partial charge in [-0.3, -0.25) is 4.79 Å². The molecular weight excluding hydrogens is 324 g/mol. The van der Waals surface area contributed by atoms with E-state index in [1.807, 2.05) is 24.3 Å². The minimum atomic E-state index is -0.533. The quantitative estimate of drug-likeness (QED) is 0.550. The maximum absolute atomic E-state index is 11.9. The maximum Gasteiger partial charge on any atom is 0.407 e. The van der Waals surface area contributed by atoms with Crippen molar-refractivity contribution in [3.63, 3.8) is 0 Å². The van der Waals surface area contributed by atoms with Crippen molar-refractivity contribution in [2.75, 3.05) is 26.3 Å². The molecule has 0 saturated carbocycles. The van der Waals surface area contributed by atoms with Crippen molar-refractivity contribution in [3.8, 4) is 5.75 Å². The fourth-order valence-corrected chi connectivity index (χ4v) is 1.99. The summed E-state index contributed by atoms with van der Waals surface area (Å²) < 4.78 is 15.7. The van der Waals surface area contributed by atoms with Gasteiger partial charge in [0.15, 0.2) is 0 Å². The Morgan fingerprint density at radius 2 is 1.80 bits per heavy atom. The van der Waals surface area contributed by atoms with E-state index >= 15 is 0 Å². The van der Waals surface area contributed by atoms with E-state index in [1.54, 1.807) is 20.8 Å². The van der Waals surface area contributed by atoms with E-state index in [2.05, 4.69) is 10.6 Å². The summed E-state index contributed by atoms with van der Waals surface area (Å²) in [5.41, 5.74) is 0.363. The van der Waals surface area contributed by atoms with Crippen LogP contribution in [0, 0.1) is 0 Å². The molecule has 0 bridgehead atoms. The second kappa shape index (κ2) is 8.71. The minimum Gasteiger partial charge on any atom is -0.491 e. The van der Waals surface area contributed by atoms with E-state index in [-0.39, 0.29) is 18.4 Å². The van der Waals surface area contributed by atoms with Gasteiger partial charge in [0.2, 0.25) is 5.91 Å². The molecule has 2 rings (SSSR count). The Kier molecular flexibility index (Phi) is 6.64. The number of hydrogen-bond acceptors (Lipinski definition) is 5. The first-order valence-electron chi connectivity index (χ1n) is 8.39. The summed E-state index contributed by atoms with van der Waals surface area (Å²) in [6.45, 7) is 7.38. The Balaban J connectivity index is 1.60. The van der Waals surface area contributed by atoms with Gasteiger partial charge in [0.05, 0.1) is 13.0 Å². The highest BCUT2D eigenvalue weighted by molar-refractivity contribution is 5.78. The summed E-state index contributed by atoms with van der Waals surface area (Å²) in [7, 11) is 0. The van der Waals surface area contributed by atoms with E-state index in [4.69, 9.17) is 14.2 Å². The molecule has 1 saturated heterocycles. The van der Waals surface area contributed by atoms with Gasteiger partial charge >= 0.3 is 6.09 Å². The van der Waals surface area contributed by atoms with Gasteiger partial charge in [-0.05, 0) is 38.5 Å². The molecule has 1 fully saturated rings. The smallest absolute Gasteiger partial charge is 0.407 e. The predicted octanol–water partition coefficient (Wildman–Crippen LogP) is 1.65. The lowest BCUT2D eigenvalue weighted by Gasteiger charge is -2.19. The molecule has 25 heavy (non-hydrogen) atoms. The van der Waals surface area contributed by atoms with E-state index in [9.17, 15) is 9.59 Å². The molecule has 0 aliphatic carbocycles. The molecule has 0 aromatic heterocycles. The number of amides is 2. The number of benzene rings is 1. The zero-order valence-electron chi connectivity index (χ0n) is 15.0. The van der Waals surface area contributed by atoms with Gasteiger partial charge in [0.1, 0.15) is 24.1 Å². The molecule has 1 atom stereocenters. The van der Waals surface area contributed by atoms with Gasteiger partial charge < -0.3 is 24.8 Å². The standard InChI is InChI=1S/C18H26N2O5/c1-18(2,3)25-17(22)20-9-8-19-16(21)10-13-4-6-14(7-5-13)23-11-15-12-24-15/h4-7,15H,8-12H2,1-3H3,(H,19,21)(H,20,22)/t15-/m1/s1. The first-order valence-corrected chi connectivity index (χ1v) is 8.39. The third-order valence-corrected chi connectivity index (χ3v) is 3.24. The van der Waals surface area contributed by atoms with Gasteiger partial charge in [-0.1, -0.05) is 12.1 Å². The third kappa shape index (κ3) is 8.39. The fraction of sp³-hybridized carbons (Fsp3) is 0.556. The number of ether oxygens (including phenoxy) is 3. The van der Waals surface area contributed by atoms with Crippen LogP contribution in [-0.4, -0.2) is 50.0 Å². The van der Waals surface area contributed by atoms with E-state index in [1.165, 1.54) is 0 Å². The molecule has 1 aromatic rings. The molecule has 1 aliphatic rings. The number of carbonyl (C=O) groups excluding carboxylic acids is 2. The number of rotatable bonds is 8. The van der Waals surface area contributed by atoms with Crippen LogP contribution in [0.4, 0.5) is 4.79 Å². The monoisotopic (exact) mass is 350 g/mol. The van der Waals surface area contributed by atoms with Crippen molar-refractivity contribution in [3.05, 3.63) is 29.8 Å². The van der Waals surface area contributed by atoms with Crippen molar-refractivity contribution in [1.82, 2.24) is 10.6 Å². The van der Waals surface area contributed by atoms with Crippen LogP contribution in [0.3, 0.4) is 0 Å². The summed E-state index contributed by atoms with van der Waals surface area (Å²) in [5, 5.41) is 5.35. The van der Waals surface area contributed by atoms with Gasteiger partial charge in [-0.2, -0.15) is 0 Å². The molecule has 7 nitrogen and oxygen atoms in total. The first-order chi connectivity index (χ1) is 11.8. The number of hydrogen-bond donors (Lipinski definition) is 2. The molecule has 2 N–H and O–H groups in total. The Bertz CT molecular complexity index is 576. The van der Waals surface area contributed by atoms with Crippen molar-refractivity contribution in [2.45, 2.75) is 38.9 Å². The Morgan fingerprint density at radius 1 is 1.16 bits per heavy atom. The van der Waals surface area contributed by atoms with Gasteiger partial charge in [-0.15, -0.1) is 0 Å². The molecule has 138 valence electrons. The number of carbonyl (C=O) groups is 2. The summed E-state index contributed by atoms with van der Waals surface area (Å²) >= 11 is 0. The first kappa shape index (κ1) is 19.1. The van der Waals surface area contributed by atoms with Crippen LogP contribution >= 0.6 is 0 Å². The number of nitrogens with one attached hydrogen (secondary N) is 2. The summed E-state index contributed by atoms with van der Waals surface area (Å²) in [4.78, 5) is 23.4. The summed E-state index contributed by atoms with van der Waals surface area (Å²) in [5.74, 6) is 0.659. The highest BCUT2D eigenvalue weighted by Gasteiger charge is 2.23. The van der Waals surface area contributed by atoms with Crippen molar-refractivity contribution in [1.29, 1.82) is 0 Å². The summed E-state index contributed by atoms with van der Waals surface area (Å²) in [6.07, 6.45) is 0.00650.